The highest BCUT2D eigenvalue weighted by molar-refractivity contribution is 7.19. The zero-order valence-electron chi connectivity index (χ0n) is 19.2. The van der Waals surface area contributed by atoms with E-state index >= 15 is 0 Å². The number of benzene rings is 3. The van der Waals surface area contributed by atoms with Gasteiger partial charge in [0.2, 0.25) is 0 Å². The van der Waals surface area contributed by atoms with E-state index < -0.39 is 0 Å². The number of pyridine rings is 1. The molecule has 31 heavy (non-hydrogen) atoms. The molecule has 1 nitrogen and oxygen atoms in total. The van der Waals surface area contributed by atoms with Crippen molar-refractivity contribution in [3.63, 3.8) is 0 Å². The first-order chi connectivity index (χ1) is 14.7. The molecule has 5 rings (SSSR count). The van der Waals surface area contributed by atoms with Gasteiger partial charge in [-0.3, -0.25) is 4.98 Å². The van der Waals surface area contributed by atoms with Crippen molar-refractivity contribution in [2.24, 2.45) is 0 Å². The number of aryl methyl sites for hydroxylation is 1. The number of hydrogen-bond donors (Lipinski definition) is 0. The van der Waals surface area contributed by atoms with Crippen molar-refractivity contribution in [2.75, 3.05) is 0 Å². The maximum Gasteiger partial charge on any atom is 0.0781 e. The quantitative estimate of drug-likeness (QED) is 0.258. The second kappa shape index (κ2) is 7.17. The Morgan fingerprint density at radius 2 is 1.58 bits per heavy atom. The fourth-order valence-corrected chi connectivity index (χ4v) is 5.62. The lowest BCUT2D eigenvalue weighted by atomic mass is 9.83. The molecule has 156 valence electrons. The Balaban J connectivity index is 1.79. The average Bonchev–Trinajstić information content (AvgIpc) is 3.11. The van der Waals surface area contributed by atoms with Gasteiger partial charge in [0.05, 0.1) is 5.69 Å². The minimum Gasteiger partial charge on any atom is -0.256 e. The highest BCUT2D eigenvalue weighted by atomic mass is 32.1. The van der Waals surface area contributed by atoms with Crippen LogP contribution in [0, 0.1) is 6.92 Å². The lowest BCUT2D eigenvalue weighted by Crippen LogP contribution is -2.11. The van der Waals surface area contributed by atoms with E-state index in [0.717, 1.165) is 5.69 Å². The van der Waals surface area contributed by atoms with Gasteiger partial charge in [-0.25, -0.2) is 0 Å². The van der Waals surface area contributed by atoms with Gasteiger partial charge in [-0.05, 0) is 75.2 Å². The molecule has 0 spiro atoms. The number of hydrogen-bond acceptors (Lipinski definition) is 2. The van der Waals surface area contributed by atoms with Crippen LogP contribution in [0.3, 0.4) is 0 Å². The van der Waals surface area contributed by atoms with E-state index in [1.807, 2.05) is 17.5 Å². The van der Waals surface area contributed by atoms with Gasteiger partial charge < -0.3 is 0 Å². The van der Waals surface area contributed by atoms with Crippen LogP contribution in [0.4, 0.5) is 0 Å². The van der Waals surface area contributed by atoms with Gasteiger partial charge in [0, 0.05) is 26.7 Å². The predicted molar refractivity (Wildman–Crippen MR) is 138 cm³/mol. The van der Waals surface area contributed by atoms with Gasteiger partial charge >= 0.3 is 0 Å². The van der Waals surface area contributed by atoms with Crippen LogP contribution in [0.25, 0.3) is 42.9 Å². The lowest BCUT2D eigenvalue weighted by molar-refractivity contribution is 0.596. The van der Waals surface area contributed by atoms with Crippen LogP contribution in [-0.4, -0.2) is 4.98 Å². The number of aromatic nitrogens is 1. The largest absolute Gasteiger partial charge is 0.256 e. The molecule has 0 radical (unpaired) electrons. The SMILES string of the molecule is Cc1cc2c(C(C)(C)C)cc(-c3nccc4c3ccc3cc(C(C)C)ccc34)cc2s1. The molecule has 0 saturated carbocycles. The van der Waals surface area contributed by atoms with Crippen LogP contribution in [-0.2, 0) is 5.41 Å². The van der Waals surface area contributed by atoms with E-state index in [9.17, 15) is 0 Å². The number of thiophene rings is 1. The summed E-state index contributed by atoms with van der Waals surface area (Å²) in [5.41, 5.74) is 5.14. The summed E-state index contributed by atoms with van der Waals surface area (Å²) in [5.74, 6) is 0.532. The van der Waals surface area contributed by atoms with Crippen LogP contribution in [0.1, 0.15) is 56.5 Å². The molecular formula is C29H29NS. The zero-order chi connectivity index (χ0) is 21.9. The van der Waals surface area contributed by atoms with Crippen molar-refractivity contribution in [2.45, 2.75) is 52.9 Å². The van der Waals surface area contributed by atoms with Crippen LogP contribution in [0.5, 0.6) is 0 Å². The molecule has 0 aliphatic heterocycles. The summed E-state index contributed by atoms with van der Waals surface area (Å²) in [4.78, 5) is 6.23. The first-order valence-electron chi connectivity index (χ1n) is 11.1. The molecule has 0 fully saturated rings. The third kappa shape index (κ3) is 3.43. The summed E-state index contributed by atoms with van der Waals surface area (Å²) >= 11 is 1.88. The Labute approximate surface area is 188 Å². The van der Waals surface area contributed by atoms with Crippen molar-refractivity contribution in [1.29, 1.82) is 0 Å². The van der Waals surface area contributed by atoms with E-state index in [4.69, 9.17) is 4.98 Å². The maximum absolute atomic E-state index is 4.87. The molecule has 0 aliphatic carbocycles. The predicted octanol–water partition coefficient (Wildman–Crippen LogP) is 9.00. The number of fused-ring (bicyclic) bond motifs is 4. The molecule has 0 unspecified atom stereocenters. The lowest BCUT2D eigenvalue weighted by Gasteiger charge is -2.21. The molecule has 2 heteroatoms. The summed E-state index contributed by atoms with van der Waals surface area (Å²) in [7, 11) is 0. The van der Waals surface area contributed by atoms with Gasteiger partial charge in [-0.2, -0.15) is 0 Å². The molecule has 0 saturated heterocycles. The molecule has 0 bridgehead atoms. The standard InChI is InChI=1S/C29H29NS/c1-17(2)19-7-9-22-20(14-19)8-10-24-23(22)11-12-30-28(24)21-15-26(29(4,5)6)25-13-18(3)31-27(25)16-21/h7-17H,1-6H3. The first-order valence-corrected chi connectivity index (χ1v) is 11.9. The van der Waals surface area contributed by atoms with Gasteiger partial charge in [0.1, 0.15) is 0 Å². The fourth-order valence-electron chi connectivity index (χ4n) is 4.63. The third-order valence-electron chi connectivity index (χ3n) is 6.29. The third-order valence-corrected chi connectivity index (χ3v) is 7.29. The molecule has 0 N–H and O–H groups in total. The van der Waals surface area contributed by atoms with Crippen LogP contribution in [0.2, 0.25) is 0 Å². The van der Waals surface area contributed by atoms with Crippen LogP contribution >= 0.6 is 11.3 Å². The molecule has 0 amide bonds. The minimum atomic E-state index is 0.0757. The van der Waals surface area contributed by atoms with E-state index in [0.29, 0.717) is 5.92 Å². The Morgan fingerprint density at radius 3 is 2.32 bits per heavy atom. The zero-order valence-corrected chi connectivity index (χ0v) is 20.0. The summed E-state index contributed by atoms with van der Waals surface area (Å²) < 4.78 is 1.35. The van der Waals surface area contributed by atoms with Crippen molar-refractivity contribution >= 4 is 43.0 Å². The molecule has 2 heterocycles. The second-order valence-electron chi connectivity index (χ2n) is 10.00. The van der Waals surface area contributed by atoms with Gasteiger partial charge in [0.25, 0.3) is 0 Å². The highest BCUT2D eigenvalue weighted by Gasteiger charge is 2.20. The Kier molecular flexibility index (Phi) is 4.67. The summed E-state index contributed by atoms with van der Waals surface area (Å²) in [6.07, 6.45) is 1.97. The summed E-state index contributed by atoms with van der Waals surface area (Å²) in [6.45, 7) is 13.6. The smallest absolute Gasteiger partial charge is 0.0781 e. The van der Waals surface area contributed by atoms with E-state index in [-0.39, 0.29) is 5.41 Å². The Morgan fingerprint density at radius 1 is 0.806 bits per heavy atom. The normalized spacial score (nSPS) is 12.5. The second-order valence-corrected chi connectivity index (χ2v) is 11.3. The van der Waals surface area contributed by atoms with Crippen LogP contribution in [0.15, 0.2) is 60.8 Å². The number of nitrogens with zero attached hydrogens (tertiary/aromatic N) is 1. The van der Waals surface area contributed by atoms with Gasteiger partial charge in [0.15, 0.2) is 0 Å². The summed E-state index contributed by atoms with van der Waals surface area (Å²) in [6, 6.07) is 20.6. The topological polar surface area (TPSA) is 12.9 Å². The average molecular weight is 424 g/mol. The van der Waals surface area contributed by atoms with E-state index in [1.54, 1.807) is 0 Å². The fraction of sp³-hybridized carbons (Fsp3) is 0.276. The van der Waals surface area contributed by atoms with Crippen molar-refractivity contribution in [1.82, 2.24) is 4.98 Å². The van der Waals surface area contributed by atoms with Crippen molar-refractivity contribution in [3.05, 3.63) is 76.8 Å². The van der Waals surface area contributed by atoms with E-state index in [1.165, 1.54) is 53.2 Å². The molecular weight excluding hydrogens is 394 g/mol. The molecule has 0 aliphatic rings. The molecule has 5 aromatic rings. The number of rotatable bonds is 2. The first kappa shape index (κ1) is 20.2. The van der Waals surface area contributed by atoms with Crippen molar-refractivity contribution in [3.8, 4) is 11.3 Å². The maximum atomic E-state index is 4.87. The Hall–Kier alpha value is -2.71. The van der Waals surface area contributed by atoms with Crippen LogP contribution < -0.4 is 0 Å². The van der Waals surface area contributed by atoms with E-state index in [2.05, 4.69) is 96.1 Å². The minimum absolute atomic E-state index is 0.0757. The molecule has 3 aromatic carbocycles. The highest BCUT2D eigenvalue weighted by Crippen LogP contribution is 2.40. The van der Waals surface area contributed by atoms with Crippen molar-refractivity contribution < 1.29 is 0 Å². The summed E-state index contributed by atoms with van der Waals surface area (Å²) in [5, 5.41) is 6.48. The molecule has 0 atom stereocenters. The monoisotopic (exact) mass is 423 g/mol. The van der Waals surface area contributed by atoms with Gasteiger partial charge in [-0.15, -0.1) is 11.3 Å². The van der Waals surface area contributed by atoms with Gasteiger partial charge in [-0.1, -0.05) is 65.0 Å². The molecule has 2 aromatic heterocycles. The Bertz CT molecular complexity index is 1450.